The SMILES string of the molecule is Cc1c2c(c(C)c3ccccc13)-c1ccc3c4c(ccc-2c14)-c1c-3c(C)c2cc3c(C)c4c(c(C)c3cc2c1C)-c1ccc2c3c(ccc-4c13)-c1c-2c(C)c2ccccc2c1C. The molecule has 0 aromatic heterocycles. The highest BCUT2D eigenvalue weighted by molar-refractivity contribution is 6.32. The summed E-state index contributed by atoms with van der Waals surface area (Å²) in [6.45, 7) is 18.9. The minimum absolute atomic E-state index is 1.37. The lowest BCUT2D eigenvalue weighted by Crippen LogP contribution is -1.96. The van der Waals surface area contributed by atoms with E-state index in [0.29, 0.717) is 0 Å². The lowest BCUT2D eigenvalue weighted by atomic mass is 9.83. The Morgan fingerprint density at radius 1 is 0.194 bits per heavy atom. The molecule has 290 valence electrons. The van der Waals surface area contributed by atoms with Gasteiger partial charge in [-0.1, -0.05) is 97.1 Å². The first-order valence-electron chi connectivity index (χ1n) is 22.5. The van der Waals surface area contributed by atoms with Crippen LogP contribution in [0.15, 0.2) is 109 Å². The molecule has 0 radical (unpaired) electrons. The fourth-order valence-electron chi connectivity index (χ4n) is 14.0. The van der Waals surface area contributed by atoms with Crippen LogP contribution in [0.3, 0.4) is 0 Å². The minimum atomic E-state index is 1.37. The van der Waals surface area contributed by atoms with Gasteiger partial charge >= 0.3 is 0 Å². The van der Waals surface area contributed by atoms with E-state index < -0.39 is 0 Å². The topological polar surface area (TPSA) is 0 Å². The molecule has 0 nitrogen and oxygen atoms in total. The summed E-state index contributed by atoms with van der Waals surface area (Å²) in [7, 11) is 0. The average molecular weight is 787 g/mol. The Hall–Kier alpha value is -7.02. The molecule has 0 unspecified atom stereocenters. The normalized spacial score (nSPS) is 13.2. The van der Waals surface area contributed by atoms with Gasteiger partial charge in [0.25, 0.3) is 0 Å². The maximum absolute atomic E-state index is 2.56. The van der Waals surface area contributed by atoms with Crippen molar-refractivity contribution in [1.29, 1.82) is 0 Å². The molecule has 0 spiro atoms. The van der Waals surface area contributed by atoms with Crippen LogP contribution < -0.4 is 0 Å². The van der Waals surface area contributed by atoms with Crippen molar-refractivity contribution in [1.82, 2.24) is 0 Å². The fourth-order valence-corrected chi connectivity index (χ4v) is 14.0. The van der Waals surface area contributed by atoms with Crippen LogP contribution in [0.5, 0.6) is 0 Å². The van der Waals surface area contributed by atoms with Crippen molar-refractivity contribution in [2.75, 3.05) is 0 Å². The molecule has 0 saturated carbocycles. The van der Waals surface area contributed by atoms with Crippen LogP contribution in [0.25, 0.3) is 154 Å². The molecule has 0 bridgehead atoms. The van der Waals surface area contributed by atoms with Crippen LogP contribution >= 0.6 is 0 Å². The number of hydrogen-bond acceptors (Lipinski definition) is 0. The summed E-state index contributed by atoms with van der Waals surface area (Å²) < 4.78 is 0. The molecule has 0 aliphatic heterocycles. The van der Waals surface area contributed by atoms with Crippen LogP contribution in [0.1, 0.15) is 44.5 Å². The van der Waals surface area contributed by atoms with E-state index >= 15 is 0 Å². The molecule has 11 aromatic rings. The lowest BCUT2D eigenvalue weighted by molar-refractivity contribution is 1.45. The predicted molar refractivity (Wildman–Crippen MR) is 267 cm³/mol. The van der Waals surface area contributed by atoms with Crippen LogP contribution in [0.2, 0.25) is 0 Å². The van der Waals surface area contributed by atoms with E-state index in [1.54, 1.807) is 0 Å². The summed E-state index contributed by atoms with van der Waals surface area (Å²) in [5.74, 6) is 0. The molecule has 0 amide bonds. The van der Waals surface area contributed by atoms with Crippen molar-refractivity contribution in [3.8, 4) is 89.0 Å². The predicted octanol–water partition coefficient (Wildman–Crippen LogP) is 17.7. The number of fused-ring (bicyclic) bond motifs is 16. The highest BCUT2D eigenvalue weighted by Crippen LogP contribution is 2.63. The van der Waals surface area contributed by atoms with Gasteiger partial charge in [0.2, 0.25) is 0 Å². The zero-order chi connectivity index (χ0) is 41.5. The third-order valence-corrected chi connectivity index (χ3v) is 16.7. The van der Waals surface area contributed by atoms with Crippen molar-refractivity contribution < 1.29 is 0 Å². The Bertz CT molecular complexity index is 3620. The Balaban J connectivity index is 0.975. The largest absolute Gasteiger partial charge is 0.0616 e. The number of hydrogen-bond donors (Lipinski definition) is 0. The van der Waals surface area contributed by atoms with E-state index in [4.69, 9.17) is 0 Å². The maximum Gasteiger partial charge on any atom is -0.00137 e. The number of benzene rings is 11. The molecule has 4 aliphatic rings. The first kappa shape index (κ1) is 33.7. The second kappa shape index (κ2) is 10.7. The molecule has 11 aromatic carbocycles. The van der Waals surface area contributed by atoms with E-state index in [0.717, 1.165) is 0 Å². The van der Waals surface area contributed by atoms with Gasteiger partial charge in [-0.15, -0.1) is 0 Å². The van der Waals surface area contributed by atoms with Crippen molar-refractivity contribution >= 4 is 64.6 Å². The zero-order valence-electron chi connectivity index (χ0n) is 36.4. The summed E-state index contributed by atoms with van der Waals surface area (Å²) in [5, 5.41) is 16.7. The molecule has 0 heterocycles. The fraction of sp³-hybridized carbons (Fsp3) is 0.129. The Morgan fingerprint density at radius 3 is 0.532 bits per heavy atom. The van der Waals surface area contributed by atoms with Crippen molar-refractivity contribution in [2.45, 2.75) is 55.4 Å². The van der Waals surface area contributed by atoms with Crippen molar-refractivity contribution in [3.63, 3.8) is 0 Å². The lowest BCUT2D eigenvalue weighted by Gasteiger charge is -2.20. The van der Waals surface area contributed by atoms with Gasteiger partial charge in [0, 0.05) is 0 Å². The first-order valence-corrected chi connectivity index (χ1v) is 22.5. The second-order valence-electron chi connectivity index (χ2n) is 19.2. The van der Waals surface area contributed by atoms with Crippen LogP contribution in [0.4, 0.5) is 0 Å². The highest BCUT2D eigenvalue weighted by atomic mass is 14.4. The molecule has 4 aliphatic carbocycles. The number of aryl methyl sites for hydroxylation is 8. The van der Waals surface area contributed by atoms with Gasteiger partial charge in [-0.3, -0.25) is 0 Å². The highest BCUT2D eigenvalue weighted by Gasteiger charge is 2.36. The third kappa shape index (κ3) is 3.47. The van der Waals surface area contributed by atoms with Gasteiger partial charge in [0.1, 0.15) is 0 Å². The molecule has 0 atom stereocenters. The van der Waals surface area contributed by atoms with Gasteiger partial charge in [-0.25, -0.2) is 0 Å². The summed E-state index contributed by atoms with van der Waals surface area (Å²) in [4.78, 5) is 0. The van der Waals surface area contributed by atoms with E-state index in [2.05, 4.69) is 165 Å². The summed E-state index contributed by atoms with van der Waals surface area (Å²) >= 11 is 0. The summed E-state index contributed by atoms with van der Waals surface area (Å²) in [6, 6.07) is 42.7. The zero-order valence-corrected chi connectivity index (χ0v) is 36.4. The molecular formula is C62H42. The van der Waals surface area contributed by atoms with E-state index in [1.165, 1.54) is 198 Å². The summed E-state index contributed by atoms with van der Waals surface area (Å²) in [6.07, 6.45) is 0. The van der Waals surface area contributed by atoms with E-state index in [1.807, 2.05) is 0 Å². The van der Waals surface area contributed by atoms with Crippen LogP contribution in [0, 0.1) is 55.4 Å². The molecular weight excluding hydrogens is 745 g/mol. The van der Waals surface area contributed by atoms with Gasteiger partial charge in [0.15, 0.2) is 0 Å². The standard InChI is InChI=1S/C62H42/c1-27-35-13-9-10-14-36(35)28(2)52-40-18-22-44-56-32(6)48-26-50-34(8)58-46-24-20-42-54-30(4)38-16-12-11-15-37(38)29(3)53(54)41-19-23-45(62(46)60(41)42)57(58)33(7)49(50)25-47(48)31(5)55(56)43-21-17-39(51(27)52)59(40)61(43)44/h9-26H,1-8H3. The quantitative estimate of drug-likeness (QED) is 0.134. The summed E-state index contributed by atoms with van der Waals surface area (Å²) in [5.41, 5.74) is 33.7. The monoisotopic (exact) mass is 786 g/mol. The van der Waals surface area contributed by atoms with Crippen molar-refractivity contribution in [3.05, 3.63) is 154 Å². The maximum atomic E-state index is 2.56. The van der Waals surface area contributed by atoms with Crippen LogP contribution in [-0.2, 0) is 0 Å². The van der Waals surface area contributed by atoms with Crippen molar-refractivity contribution in [2.24, 2.45) is 0 Å². The molecule has 0 N–H and O–H groups in total. The van der Waals surface area contributed by atoms with E-state index in [-0.39, 0.29) is 0 Å². The van der Waals surface area contributed by atoms with Gasteiger partial charge in [-0.05, 0) is 266 Å². The minimum Gasteiger partial charge on any atom is -0.0616 e. The van der Waals surface area contributed by atoms with E-state index in [9.17, 15) is 0 Å². The Morgan fingerprint density at radius 2 is 0.355 bits per heavy atom. The molecule has 62 heavy (non-hydrogen) atoms. The smallest absolute Gasteiger partial charge is 0.00137 e. The first-order chi connectivity index (χ1) is 30.2. The van der Waals surface area contributed by atoms with Gasteiger partial charge < -0.3 is 0 Å². The number of rotatable bonds is 0. The molecule has 0 fully saturated rings. The molecule has 15 rings (SSSR count). The second-order valence-corrected chi connectivity index (χ2v) is 19.2. The average Bonchev–Trinajstić information content (AvgIpc) is 4.03. The molecule has 0 saturated heterocycles. The third-order valence-electron chi connectivity index (χ3n) is 16.7. The van der Waals surface area contributed by atoms with Gasteiger partial charge in [0.05, 0.1) is 0 Å². The Kier molecular flexibility index (Phi) is 5.81. The molecule has 0 heteroatoms. The van der Waals surface area contributed by atoms with Gasteiger partial charge in [-0.2, -0.15) is 0 Å². The Labute approximate surface area is 361 Å². The van der Waals surface area contributed by atoms with Crippen LogP contribution in [-0.4, -0.2) is 0 Å².